The van der Waals surface area contributed by atoms with Crippen LogP contribution in [0.15, 0.2) is 71.2 Å². The lowest BCUT2D eigenvalue weighted by Crippen LogP contribution is -2.22. The predicted molar refractivity (Wildman–Crippen MR) is 120 cm³/mol. The van der Waals surface area contributed by atoms with Crippen LogP contribution in [0.5, 0.6) is 0 Å². The van der Waals surface area contributed by atoms with E-state index in [1.807, 2.05) is 34.2 Å². The van der Waals surface area contributed by atoms with Crippen molar-refractivity contribution in [1.82, 2.24) is 14.8 Å². The van der Waals surface area contributed by atoms with E-state index < -0.39 is 5.97 Å². The Morgan fingerprint density at radius 1 is 1.06 bits per heavy atom. The highest BCUT2D eigenvalue weighted by Gasteiger charge is 2.18. The van der Waals surface area contributed by atoms with Crippen molar-refractivity contribution in [2.24, 2.45) is 0 Å². The molecule has 2 aromatic heterocycles. The quantitative estimate of drug-likeness (QED) is 0.414. The summed E-state index contributed by atoms with van der Waals surface area (Å²) in [6.07, 6.45) is 0. The molecule has 0 radical (unpaired) electrons. The molecule has 4 rings (SSSR count). The van der Waals surface area contributed by atoms with Gasteiger partial charge in [-0.3, -0.25) is 9.36 Å². The fourth-order valence-electron chi connectivity index (χ4n) is 2.77. The number of aromatic carboxylic acids is 1. The highest BCUT2D eigenvalue weighted by molar-refractivity contribution is 7.99. The molecule has 156 valence electrons. The number of carboxylic acids is 1. The van der Waals surface area contributed by atoms with Crippen molar-refractivity contribution in [2.45, 2.75) is 5.16 Å². The van der Waals surface area contributed by atoms with Crippen molar-refractivity contribution in [3.8, 4) is 16.4 Å². The third-order valence-electron chi connectivity index (χ3n) is 4.20. The molecule has 7 nitrogen and oxygen atoms in total. The Morgan fingerprint density at radius 2 is 1.81 bits per heavy atom. The molecular formula is C21H14ClN4O3S2-. The zero-order chi connectivity index (χ0) is 21.8. The Morgan fingerprint density at radius 3 is 2.45 bits per heavy atom. The molecule has 1 amide bonds. The number of benzene rings is 2. The van der Waals surface area contributed by atoms with Crippen molar-refractivity contribution in [3.63, 3.8) is 0 Å². The highest BCUT2D eigenvalue weighted by atomic mass is 35.5. The standard InChI is InChI=1S/C21H15ClN4O3S2/c22-14-5-9-16(10-6-14)26-19(17-2-1-11-30-17)24-25-21(26)31-12-18(27)23-15-7-3-13(4-8-15)20(28)29/h1-11H,12H2,(H,23,27)(H,28,29)/p-1. The summed E-state index contributed by atoms with van der Waals surface area (Å²) in [5.74, 6) is -0.748. The van der Waals surface area contributed by atoms with E-state index in [0.717, 1.165) is 10.6 Å². The minimum atomic E-state index is -1.27. The monoisotopic (exact) mass is 469 g/mol. The van der Waals surface area contributed by atoms with E-state index in [1.54, 1.807) is 23.5 Å². The number of anilines is 1. The first kappa shape index (κ1) is 21.1. The molecule has 2 aromatic carbocycles. The van der Waals surface area contributed by atoms with Gasteiger partial charge in [-0.1, -0.05) is 41.6 Å². The number of thiophene rings is 1. The van der Waals surface area contributed by atoms with Gasteiger partial charge in [0.15, 0.2) is 11.0 Å². The van der Waals surface area contributed by atoms with Gasteiger partial charge < -0.3 is 15.2 Å². The number of carboxylic acid groups (broad SMARTS) is 1. The number of amides is 1. The van der Waals surface area contributed by atoms with E-state index >= 15 is 0 Å². The number of hydrogen-bond acceptors (Lipinski definition) is 7. The average molecular weight is 470 g/mol. The lowest BCUT2D eigenvalue weighted by atomic mass is 10.2. The summed E-state index contributed by atoms with van der Waals surface area (Å²) < 4.78 is 1.88. The van der Waals surface area contributed by atoms with Crippen LogP contribution in [-0.4, -0.2) is 32.4 Å². The Kier molecular flexibility index (Phi) is 6.36. The summed E-state index contributed by atoms with van der Waals surface area (Å²) >= 11 is 8.82. The third-order valence-corrected chi connectivity index (χ3v) is 6.24. The molecular weight excluding hydrogens is 456 g/mol. The Balaban J connectivity index is 1.52. The SMILES string of the molecule is O=C(CSc1nnc(-c2cccs2)n1-c1ccc(Cl)cc1)Nc1ccc(C(=O)[O-])cc1. The average Bonchev–Trinajstić information content (AvgIpc) is 3.43. The molecule has 0 spiro atoms. The van der Waals surface area contributed by atoms with Crippen molar-refractivity contribution in [2.75, 3.05) is 11.1 Å². The summed E-state index contributed by atoms with van der Waals surface area (Å²) in [7, 11) is 0. The fraction of sp³-hybridized carbons (Fsp3) is 0.0476. The molecule has 0 aliphatic rings. The van der Waals surface area contributed by atoms with Crippen LogP contribution in [0.2, 0.25) is 5.02 Å². The molecule has 31 heavy (non-hydrogen) atoms. The van der Waals surface area contributed by atoms with Crippen molar-refractivity contribution < 1.29 is 14.7 Å². The van der Waals surface area contributed by atoms with Crippen molar-refractivity contribution in [3.05, 3.63) is 76.6 Å². The summed E-state index contributed by atoms with van der Waals surface area (Å²) in [6.45, 7) is 0. The lowest BCUT2D eigenvalue weighted by Gasteiger charge is -2.10. The largest absolute Gasteiger partial charge is 0.545 e. The van der Waals surface area contributed by atoms with Gasteiger partial charge >= 0.3 is 0 Å². The second-order valence-electron chi connectivity index (χ2n) is 6.30. The number of nitrogens with zero attached hydrogens (tertiary/aromatic N) is 3. The molecule has 0 saturated carbocycles. The number of carbonyl (C=O) groups is 2. The van der Waals surface area contributed by atoms with Crippen LogP contribution in [0.1, 0.15) is 10.4 Å². The molecule has 10 heteroatoms. The molecule has 2 heterocycles. The van der Waals surface area contributed by atoms with E-state index in [4.69, 9.17) is 11.6 Å². The highest BCUT2D eigenvalue weighted by Crippen LogP contribution is 2.31. The van der Waals surface area contributed by atoms with Crippen molar-refractivity contribution in [1.29, 1.82) is 0 Å². The van der Waals surface area contributed by atoms with Gasteiger partial charge in [-0.05, 0) is 53.4 Å². The zero-order valence-corrected chi connectivity index (χ0v) is 18.2. The molecule has 0 atom stereocenters. The molecule has 0 bridgehead atoms. The van der Waals surface area contributed by atoms with Crippen LogP contribution in [-0.2, 0) is 4.79 Å². The first-order valence-corrected chi connectivity index (χ1v) is 11.2. The van der Waals surface area contributed by atoms with E-state index in [-0.39, 0.29) is 17.2 Å². The van der Waals surface area contributed by atoms with E-state index in [9.17, 15) is 14.7 Å². The van der Waals surface area contributed by atoms with E-state index in [0.29, 0.717) is 21.7 Å². The van der Waals surface area contributed by atoms with Gasteiger partial charge in [0.25, 0.3) is 0 Å². The van der Waals surface area contributed by atoms with Crippen LogP contribution in [0.4, 0.5) is 5.69 Å². The number of nitrogens with one attached hydrogen (secondary N) is 1. The number of thioether (sulfide) groups is 1. The zero-order valence-electron chi connectivity index (χ0n) is 15.8. The maximum absolute atomic E-state index is 12.4. The number of carbonyl (C=O) groups excluding carboxylic acids is 2. The normalized spacial score (nSPS) is 10.7. The van der Waals surface area contributed by atoms with Gasteiger partial charge in [0.05, 0.1) is 16.6 Å². The molecule has 0 fully saturated rings. The van der Waals surface area contributed by atoms with Gasteiger partial charge in [0.2, 0.25) is 5.91 Å². The first-order valence-electron chi connectivity index (χ1n) is 9.00. The van der Waals surface area contributed by atoms with Crippen LogP contribution in [0.25, 0.3) is 16.4 Å². The molecule has 0 unspecified atom stereocenters. The molecule has 0 saturated heterocycles. The van der Waals surface area contributed by atoms with Gasteiger partial charge in [0.1, 0.15) is 0 Å². The molecule has 0 aliphatic heterocycles. The van der Waals surface area contributed by atoms with Gasteiger partial charge in [-0.15, -0.1) is 21.5 Å². The predicted octanol–water partition coefficient (Wildman–Crippen LogP) is 3.74. The summed E-state index contributed by atoms with van der Waals surface area (Å²) in [5, 5.41) is 25.3. The van der Waals surface area contributed by atoms with Crippen LogP contribution >= 0.6 is 34.7 Å². The Labute approximate surface area is 190 Å². The summed E-state index contributed by atoms with van der Waals surface area (Å²) in [5.41, 5.74) is 1.37. The Hall–Kier alpha value is -3.14. The maximum atomic E-state index is 12.4. The number of aromatic nitrogens is 3. The van der Waals surface area contributed by atoms with Gasteiger partial charge in [-0.25, -0.2) is 0 Å². The smallest absolute Gasteiger partial charge is 0.234 e. The Bertz CT molecular complexity index is 1210. The van der Waals surface area contributed by atoms with Gasteiger partial charge in [-0.2, -0.15) is 0 Å². The number of halogens is 1. The molecule has 0 aliphatic carbocycles. The van der Waals surface area contributed by atoms with E-state index in [2.05, 4.69) is 15.5 Å². The summed E-state index contributed by atoms with van der Waals surface area (Å²) in [6, 6.07) is 17.0. The molecule has 1 N–H and O–H groups in total. The van der Waals surface area contributed by atoms with Gasteiger partial charge in [0, 0.05) is 16.4 Å². The number of rotatable bonds is 7. The second kappa shape index (κ2) is 9.34. The minimum absolute atomic E-state index is 0.0459. The van der Waals surface area contributed by atoms with Crippen LogP contribution < -0.4 is 10.4 Å². The minimum Gasteiger partial charge on any atom is -0.545 e. The second-order valence-corrected chi connectivity index (χ2v) is 8.62. The van der Waals surface area contributed by atoms with Crippen LogP contribution in [0, 0.1) is 0 Å². The fourth-order valence-corrected chi connectivity index (χ4v) is 4.34. The maximum Gasteiger partial charge on any atom is 0.234 e. The molecule has 4 aromatic rings. The first-order chi connectivity index (χ1) is 15.0. The van der Waals surface area contributed by atoms with Crippen molar-refractivity contribution >= 4 is 52.3 Å². The number of hydrogen-bond donors (Lipinski definition) is 1. The lowest BCUT2D eigenvalue weighted by molar-refractivity contribution is -0.255. The van der Waals surface area contributed by atoms with E-state index in [1.165, 1.54) is 36.0 Å². The third kappa shape index (κ3) is 4.96. The topological polar surface area (TPSA) is 99.9 Å². The van der Waals surface area contributed by atoms with Crippen LogP contribution in [0.3, 0.4) is 0 Å². The summed E-state index contributed by atoms with van der Waals surface area (Å²) in [4.78, 5) is 24.2.